The normalized spacial score (nSPS) is 10.7. The van der Waals surface area contributed by atoms with E-state index in [0.717, 1.165) is 0 Å². The molecular weight excluding hydrogens is 475 g/mol. The van der Waals surface area contributed by atoms with Gasteiger partial charge in [-0.1, -0.05) is 23.9 Å². The average Bonchev–Trinajstić information content (AvgIpc) is 3.29. The zero-order valence-electron chi connectivity index (χ0n) is 18.9. The predicted octanol–water partition coefficient (Wildman–Crippen LogP) is 5.20. The minimum absolute atomic E-state index is 0.0361. The van der Waals surface area contributed by atoms with Crippen LogP contribution in [0.25, 0.3) is 5.69 Å². The van der Waals surface area contributed by atoms with Gasteiger partial charge in [-0.15, -0.1) is 10.2 Å². The second-order valence-corrected chi connectivity index (χ2v) is 8.13. The first kappa shape index (κ1) is 24.0. The number of nitro benzene ring substituents is 1. The number of methoxy groups -OCH3 is 2. The van der Waals surface area contributed by atoms with Gasteiger partial charge in [0.2, 0.25) is 0 Å². The predicted molar refractivity (Wildman–Crippen MR) is 128 cm³/mol. The molecule has 9 nitrogen and oxygen atoms in total. The fraction of sp³-hybridized carbons (Fsp3) is 0.167. The van der Waals surface area contributed by atoms with Gasteiger partial charge in [-0.2, -0.15) is 0 Å². The maximum Gasteiger partial charge on any atom is 0.270 e. The van der Waals surface area contributed by atoms with Gasteiger partial charge in [0.1, 0.15) is 29.7 Å². The molecule has 0 saturated carbocycles. The van der Waals surface area contributed by atoms with Gasteiger partial charge in [-0.05, 0) is 42.5 Å². The van der Waals surface area contributed by atoms with Gasteiger partial charge in [-0.25, -0.2) is 4.39 Å². The van der Waals surface area contributed by atoms with Gasteiger partial charge in [0.25, 0.3) is 5.69 Å². The Morgan fingerprint density at radius 1 is 1.00 bits per heavy atom. The molecular formula is C24H21FN4O5S. The average molecular weight is 497 g/mol. The van der Waals surface area contributed by atoms with E-state index in [2.05, 4.69) is 10.2 Å². The Balaban J connectivity index is 1.62. The lowest BCUT2D eigenvalue weighted by Gasteiger charge is -2.13. The number of benzene rings is 3. The summed E-state index contributed by atoms with van der Waals surface area (Å²) in [6, 6.07) is 17.7. The molecule has 4 aromatic rings. The summed E-state index contributed by atoms with van der Waals surface area (Å²) < 4.78 is 32.7. The van der Waals surface area contributed by atoms with Crippen molar-refractivity contribution in [3.05, 3.63) is 94.0 Å². The van der Waals surface area contributed by atoms with Crippen LogP contribution in [0.1, 0.15) is 11.4 Å². The van der Waals surface area contributed by atoms with E-state index in [9.17, 15) is 14.5 Å². The van der Waals surface area contributed by atoms with Crippen molar-refractivity contribution < 1.29 is 23.5 Å². The number of para-hydroxylation sites is 1. The zero-order valence-corrected chi connectivity index (χ0v) is 19.7. The van der Waals surface area contributed by atoms with Crippen LogP contribution in [-0.4, -0.2) is 33.9 Å². The second kappa shape index (κ2) is 10.9. The molecule has 0 aliphatic heterocycles. The van der Waals surface area contributed by atoms with Crippen LogP contribution in [0, 0.1) is 15.9 Å². The van der Waals surface area contributed by atoms with Gasteiger partial charge < -0.3 is 14.2 Å². The zero-order chi connectivity index (χ0) is 24.8. The van der Waals surface area contributed by atoms with Crippen LogP contribution in [0.2, 0.25) is 0 Å². The number of nitro groups is 1. The van der Waals surface area contributed by atoms with Crippen molar-refractivity contribution in [1.82, 2.24) is 14.8 Å². The Hall–Kier alpha value is -4.12. The molecule has 0 saturated heterocycles. The lowest BCUT2D eigenvalue weighted by molar-refractivity contribution is -0.384. The number of rotatable bonds is 10. The maximum absolute atomic E-state index is 14.7. The van der Waals surface area contributed by atoms with E-state index in [4.69, 9.17) is 14.2 Å². The maximum atomic E-state index is 14.7. The molecule has 0 fully saturated rings. The Bertz CT molecular complexity index is 1330. The SMILES string of the molecule is COc1ccc(OCc2nnc(SCc3cc([N+](=O)[O-])ccc3OC)n2-c2ccccc2F)cc1. The molecule has 0 atom stereocenters. The number of nitrogens with zero attached hydrogens (tertiary/aromatic N) is 4. The molecule has 0 N–H and O–H groups in total. The van der Waals surface area contributed by atoms with E-state index < -0.39 is 10.7 Å². The second-order valence-electron chi connectivity index (χ2n) is 7.19. The minimum Gasteiger partial charge on any atom is -0.497 e. The quantitative estimate of drug-likeness (QED) is 0.168. The molecule has 0 spiro atoms. The third-order valence-corrected chi connectivity index (χ3v) is 6.03. The molecule has 3 aromatic carbocycles. The van der Waals surface area contributed by atoms with E-state index in [1.54, 1.807) is 60.2 Å². The summed E-state index contributed by atoms with van der Waals surface area (Å²) in [7, 11) is 3.07. The smallest absolute Gasteiger partial charge is 0.270 e. The topological polar surface area (TPSA) is 102 Å². The molecule has 0 aliphatic rings. The highest BCUT2D eigenvalue weighted by atomic mass is 32.2. The van der Waals surface area contributed by atoms with Crippen LogP contribution >= 0.6 is 11.8 Å². The molecule has 1 aromatic heterocycles. The fourth-order valence-electron chi connectivity index (χ4n) is 3.32. The molecule has 11 heteroatoms. The standard InChI is InChI=1S/C24H21FN4O5S/c1-32-18-8-10-19(11-9-18)34-14-23-26-27-24(28(23)21-6-4-3-5-20(21)25)35-15-16-13-17(29(30)31)7-12-22(16)33-2/h3-13H,14-15H2,1-2H3. The van der Waals surface area contributed by atoms with E-state index in [0.29, 0.717) is 33.8 Å². The van der Waals surface area contributed by atoms with Gasteiger partial charge >= 0.3 is 0 Å². The van der Waals surface area contributed by atoms with Crippen molar-refractivity contribution in [3.63, 3.8) is 0 Å². The van der Waals surface area contributed by atoms with Crippen LogP contribution in [0.3, 0.4) is 0 Å². The molecule has 0 bridgehead atoms. The van der Waals surface area contributed by atoms with Crippen molar-refractivity contribution in [3.8, 4) is 22.9 Å². The van der Waals surface area contributed by atoms with E-state index in [1.165, 1.54) is 37.1 Å². The van der Waals surface area contributed by atoms with Gasteiger partial charge in [-0.3, -0.25) is 14.7 Å². The Morgan fingerprint density at radius 2 is 1.74 bits per heavy atom. The summed E-state index contributed by atoms with van der Waals surface area (Å²) in [6.07, 6.45) is 0. The molecule has 35 heavy (non-hydrogen) atoms. The Labute approximate surface area is 204 Å². The number of hydrogen-bond acceptors (Lipinski definition) is 8. The Morgan fingerprint density at radius 3 is 2.43 bits per heavy atom. The summed E-state index contributed by atoms with van der Waals surface area (Å²) >= 11 is 1.25. The highest BCUT2D eigenvalue weighted by Crippen LogP contribution is 2.32. The van der Waals surface area contributed by atoms with Crippen LogP contribution < -0.4 is 14.2 Å². The highest BCUT2D eigenvalue weighted by molar-refractivity contribution is 7.98. The molecule has 180 valence electrons. The summed E-state index contributed by atoms with van der Waals surface area (Å²) in [5.74, 6) is 2.01. The number of halogens is 1. The van der Waals surface area contributed by atoms with E-state index in [-0.39, 0.29) is 23.7 Å². The number of thioether (sulfide) groups is 1. The first-order chi connectivity index (χ1) is 17.0. The number of aromatic nitrogens is 3. The van der Waals surface area contributed by atoms with Crippen LogP contribution in [0.5, 0.6) is 17.2 Å². The van der Waals surface area contributed by atoms with Crippen LogP contribution in [-0.2, 0) is 12.4 Å². The lowest BCUT2D eigenvalue weighted by Crippen LogP contribution is -2.08. The third-order valence-electron chi connectivity index (χ3n) is 5.05. The molecule has 0 radical (unpaired) electrons. The fourth-order valence-corrected chi connectivity index (χ4v) is 4.26. The summed E-state index contributed by atoms with van der Waals surface area (Å²) in [5.41, 5.74) is 0.815. The largest absolute Gasteiger partial charge is 0.497 e. The minimum atomic E-state index is -0.468. The first-order valence-corrected chi connectivity index (χ1v) is 11.4. The molecule has 0 amide bonds. The number of hydrogen-bond donors (Lipinski definition) is 0. The monoisotopic (exact) mass is 496 g/mol. The summed E-state index contributed by atoms with van der Waals surface area (Å²) in [5, 5.41) is 20.1. The van der Waals surface area contributed by atoms with Gasteiger partial charge in [0, 0.05) is 23.4 Å². The Kier molecular flexibility index (Phi) is 7.46. The molecule has 0 aliphatic carbocycles. The number of non-ortho nitro benzene ring substituents is 1. The molecule has 1 heterocycles. The first-order valence-electron chi connectivity index (χ1n) is 10.4. The summed E-state index contributed by atoms with van der Waals surface area (Å²) in [6.45, 7) is 0.0361. The number of ether oxygens (including phenoxy) is 3. The van der Waals surface area contributed by atoms with Gasteiger partial charge in [0.05, 0.1) is 24.8 Å². The summed E-state index contributed by atoms with van der Waals surface area (Å²) in [4.78, 5) is 10.7. The van der Waals surface area contributed by atoms with Crippen molar-refractivity contribution >= 4 is 17.4 Å². The molecule has 0 unspecified atom stereocenters. The van der Waals surface area contributed by atoms with Crippen LogP contribution in [0.4, 0.5) is 10.1 Å². The van der Waals surface area contributed by atoms with E-state index in [1.807, 2.05) is 0 Å². The lowest BCUT2D eigenvalue weighted by atomic mass is 10.2. The van der Waals surface area contributed by atoms with Crippen LogP contribution in [0.15, 0.2) is 71.9 Å². The van der Waals surface area contributed by atoms with E-state index >= 15 is 0 Å². The third kappa shape index (κ3) is 5.52. The van der Waals surface area contributed by atoms with Crippen molar-refractivity contribution in [2.45, 2.75) is 17.5 Å². The highest BCUT2D eigenvalue weighted by Gasteiger charge is 2.19. The van der Waals surface area contributed by atoms with Gasteiger partial charge in [0.15, 0.2) is 11.0 Å². The molecule has 4 rings (SSSR count). The van der Waals surface area contributed by atoms with Crippen molar-refractivity contribution in [1.29, 1.82) is 0 Å². The van der Waals surface area contributed by atoms with Crippen molar-refractivity contribution in [2.24, 2.45) is 0 Å². The van der Waals surface area contributed by atoms with Crippen molar-refractivity contribution in [2.75, 3.05) is 14.2 Å².